The van der Waals surface area contributed by atoms with Gasteiger partial charge in [0.25, 0.3) is 6.43 Å². The van der Waals surface area contributed by atoms with Gasteiger partial charge in [0.15, 0.2) is 5.65 Å². The van der Waals surface area contributed by atoms with Gasteiger partial charge >= 0.3 is 5.97 Å². The molecule has 0 amide bonds. The molecule has 3 aromatic rings. The van der Waals surface area contributed by atoms with Crippen molar-refractivity contribution < 1.29 is 18.3 Å². The number of pyridine rings is 1. The first-order chi connectivity index (χ1) is 13.1. The summed E-state index contributed by atoms with van der Waals surface area (Å²) in [7, 11) is 0. The number of hydrogen-bond acceptors (Lipinski definition) is 4. The number of carbonyl (C=O) groups is 1. The lowest BCUT2D eigenvalue weighted by atomic mass is 10.0. The summed E-state index contributed by atoms with van der Waals surface area (Å²) in [4.78, 5) is 16.6. The van der Waals surface area contributed by atoms with Crippen LogP contribution in [-0.4, -0.2) is 27.3 Å². The van der Waals surface area contributed by atoms with E-state index in [-0.39, 0.29) is 24.6 Å². The highest BCUT2D eigenvalue weighted by Crippen LogP contribution is 2.45. The molecule has 0 spiro atoms. The molecule has 2 heterocycles. The second-order valence-corrected chi connectivity index (χ2v) is 6.58. The summed E-state index contributed by atoms with van der Waals surface area (Å²) in [6, 6.07) is 10.6. The van der Waals surface area contributed by atoms with Crippen molar-refractivity contribution in [3.63, 3.8) is 0 Å². The number of aromatic nitrogens is 3. The topological polar surface area (TPSA) is 57.0 Å². The maximum absolute atomic E-state index is 13.9. The molecule has 27 heavy (non-hydrogen) atoms. The van der Waals surface area contributed by atoms with E-state index in [1.807, 2.05) is 30.3 Å². The second kappa shape index (κ2) is 7.06. The molecular weight excluding hydrogens is 352 g/mol. The number of rotatable bonds is 6. The van der Waals surface area contributed by atoms with Crippen LogP contribution in [0.15, 0.2) is 36.4 Å². The Hall–Kier alpha value is -2.83. The predicted molar refractivity (Wildman–Crippen MR) is 96.5 cm³/mol. The molecule has 1 aliphatic rings. The van der Waals surface area contributed by atoms with Crippen molar-refractivity contribution in [3.8, 4) is 11.3 Å². The highest BCUT2D eigenvalue weighted by molar-refractivity contribution is 5.87. The molecule has 0 bridgehead atoms. The summed E-state index contributed by atoms with van der Waals surface area (Å²) in [6.45, 7) is 1.82. The minimum Gasteiger partial charge on any atom is -0.465 e. The average molecular weight is 371 g/mol. The fourth-order valence-corrected chi connectivity index (χ4v) is 3.24. The normalized spacial score (nSPS) is 14.1. The molecular formula is C20H19F2N3O2. The van der Waals surface area contributed by atoms with E-state index in [2.05, 4.69) is 10.1 Å². The Morgan fingerprint density at radius 2 is 2.04 bits per heavy atom. The lowest BCUT2D eigenvalue weighted by Crippen LogP contribution is -2.15. The van der Waals surface area contributed by atoms with Crippen LogP contribution >= 0.6 is 0 Å². The van der Waals surface area contributed by atoms with Crippen LogP contribution in [0.2, 0.25) is 0 Å². The Labute approximate surface area is 155 Å². The molecule has 1 aliphatic carbocycles. The Kier molecular flexibility index (Phi) is 4.59. The van der Waals surface area contributed by atoms with Gasteiger partial charge in [-0.2, -0.15) is 5.10 Å². The predicted octanol–water partition coefficient (Wildman–Crippen LogP) is 4.48. The minimum absolute atomic E-state index is 0.0872. The molecule has 0 saturated heterocycles. The number of ether oxygens (including phenoxy) is 1. The van der Waals surface area contributed by atoms with Gasteiger partial charge in [-0.1, -0.05) is 30.3 Å². The number of nitrogens with zero attached hydrogens (tertiary/aromatic N) is 3. The molecule has 140 valence electrons. The van der Waals surface area contributed by atoms with Crippen LogP contribution in [0, 0.1) is 0 Å². The van der Waals surface area contributed by atoms with Crippen LogP contribution in [0.1, 0.15) is 43.4 Å². The molecule has 0 radical (unpaired) electrons. The lowest BCUT2D eigenvalue weighted by Gasteiger charge is -2.09. The second-order valence-electron chi connectivity index (χ2n) is 6.58. The Balaban J connectivity index is 1.92. The first-order valence-corrected chi connectivity index (χ1v) is 8.99. The molecule has 0 unspecified atom stereocenters. The van der Waals surface area contributed by atoms with Crippen LogP contribution in [0.4, 0.5) is 8.78 Å². The van der Waals surface area contributed by atoms with E-state index in [9.17, 15) is 13.6 Å². The monoisotopic (exact) mass is 371 g/mol. The summed E-state index contributed by atoms with van der Waals surface area (Å²) >= 11 is 0. The Bertz CT molecular complexity index is 982. The van der Waals surface area contributed by atoms with Gasteiger partial charge in [0.1, 0.15) is 6.54 Å². The van der Waals surface area contributed by atoms with Gasteiger partial charge in [-0.15, -0.1) is 0 Å². The van der Waals surface area contributed by atoms with Crippen molar-refractivity contribution in [2.45, 2.75) is 38.7 Å². The summed E-state index contributed by atoms with van der Waals surface area (Å²) in [5, 5.41) is 4.84. The van der Waals surface area contributed by atoms with E-state index in [1.54, 1.807) is 6.92 Å². The van der Waals surface area contributed by atoms with Gasteiger partial charge in [-0.3, -0.25) is 4.79 Å². The van der Waals surface area contributed by atoms with E-state index >= 15 is 0 Å². The maximum atomic E-state index is 13.9. The molecule has 5 nitrogen and oxygen atoms in total. The summed E-state index contributed by atoms with van der Waals surface area (Å²) in [5.41, 5.74) is 2.00. The van der Waals surface area contributed by atoms with Gasteiger partial charge in [0.2, 0.25) is 0 Å². The average Bonchev–Trinajstić information content (AvgIpc) is 3.45. The lowest BCUT2D eigenvalue weighted by molar-refractivity contribution is -0.143. The van der Waals surface area contributed by atoms with Crippen molar-refractivity contribution in [2.75, 3.05) is 6.61 Å². The molecule has 2 aromatic heterocycles. The van der Waals surface area contributed by atoms with Crippen molar-refractivity contribution in [1.29, 1.82) is 0 Å². The summed E-state index contributed by atoms with van der Waals surface area (Å²) in [5.74, 6) is -0.312. The van der Waals surface area contributed by atoms with Crippen LogP contribution in [-0.2, 0) is 16.1 Å². The first-order valence-electron chi connectivity index (χ1n) is 8.99. The van der Waals surface area contributed by atoms with Crippen LogP contribution in [0.25, 0.3) is 22.3 Å². The SMILES string of the molecule is CCOC(=O)Cn1nc(C2CC2)c2c(C(F)F)cc(-c3ccccc3)nc21. The van der Waals surface area contributed by atoms with Crippen molar-refractivity contribution in [3.05, 3.63) is 47.7 Å². The van der Waals surface area contributed by atoms with Crippen LogP contribution in [0.5, 0.6) is 0 Å². The quantitative estimate of drug-likeness (QED) is 0.600. The smallest absolute Gasteiger partial charge is 0.327 e. The molecule has 4 rings (SSSR count). The number of benzene rings is 1. The Morgan fingerprint density at radius 1 is 1.30 bits per heavy atom. The molecule has 1 aromatic carbocycles. The molecule has 7 heteroatoms. The van der Waals surface area contributed by atoms with Crippen molar-refractivity contribution in [1.82, 2.24) is 14.8 Å². The molecule has 0 N–H and O–H groups in total. The number of halogens is 2. The third kappa shape index (κ3) is 3.41. The number of carbonyl (C=O) groups excluding carboxylic acids is 1. The Morgan fingerprint density at radius 3 is 2.67 bits per heavy atom. The van der Waals surface area contributed by atoms with E-state index in [0.717, 1.165) is 18.4 Å². The van der Waals surface area contributed by atoms with E-state index in [0.29, 0.717) is 22.4 Å². The zero-order chi connectivity index (χ0) is 19.0. The first kappa shape index (κ1) is 17.6. The maximum Gasteiger partial charge on any atom is 0.327 e. The standard InChI is InChI=1S/C20H19F2N3O2/c1-2-27-16(26)11-25-20-17(18(24-25)13-8-9-13)14(19(21)22)10-15(23-20)12-6-4-3-5-7-12/h3-7,10,13,19H,2,8-9,11H2,1H3. The zero-order valence-corrected chi connectivity index (χ0v) is 14.9. The van der Waals surface area contributed by atoms with Crippen molar-refractivity contribution in [2.24, 2.45) is 0 Å². The summed E-state index contributed by atoms with van der Waals surface area (Å²) < 4.78 is 34.2. The third-order valence-electron chi connectivity index (χ3n) is 4.61. The van der Waals surface area contributed by atoms with Crippen LogP contribution < -0.4 is 0 Å². The van der Waals surface area contributed by atoms with Gasteiger partial charge in [-0.05, 0) is 25.8 Å². The van der Waals surface area contributed by atoms with E-state index < -0.39 is 12.4 Å². The van der Waals surface area contributed by atoms with E-state index in [1.165, 1.54) is 10.7 Å². The minimum atomic E-state index is -2.66. The number of fused-ring (bicyclic) bond motifs is 1. The molecule has 1 fully saturated rings. The van der Waals surface area contributed by atoms with E-state index in [4.69, 9.17) is 4.74 Å². The van der Waals surface area contributed by atoms with Gasteiger partial charge in [-0.25, -0.2) is 18.4 Å². The van der Waals surface area contributed by atoms with Gasteiger partial charge in [0.05, 0.1) is 23.4 Å². The molecule has 1 saturated carbocycles. The third-order valence-corrected chi connectivity index (χ3v) is 4.61. The van der Waals surface area contributed by atoms with Crippen LogP contribution in [0.3, 0.4) is 0 Å². The number of hydrogen-bond donors (Lipinski definition) is 0. The van der Waals surface area contributed by atoms with Crippen molar-refractivity contribution >= 4 is 17.0 Å². The highest BCUT2D eigenvalue weighted by Gasteiger charge is 2.33. The largest absolute Gasteiger partial charge is 0.465 e. The highest BCUT2D eigenvalue weighted by atomic mass is 19.3. The molecule has 0 aliphatic heterocycles. The van der Waals surface area contributed by atoms with Gasteiger partial charge < -0.3 is 4.74 Å². The number of esters is 1. The fourth-order valence-electron chi connectivity index (χ4n) is 3.24. The van der Waals surface area contributed by atoms with Gasteiger partial charge in [0, 0.05) is 17.0 Å². The zero-order valence-electron chi connectivity index (χ0n) is 14.9. The number of alkyl halides is 2. The summed E-state index contributed by atoms with van der Waals surface area (Å²) in [6.07, 6.45) is -0.834. The molecule has 0 atom stereocenters. The fraction of sp³-hybridized carbons (Fsp3) is 0.350.